The van der Waals surface area contributed by atoms with Gasteiger partial charge < -0.3 is 10.0 Å². The SMILES string of the molecule is O=C(O)[C@H]1CCCN(C(=O)c2cccnc2F)C1. The molecular formula is C12H13FN2O3. The van der Waals surface area contributed by atoms with Crippen molar-refractivity contribution in [3.63, 3.8) is 0 Å². The summed E-state index contributed by atoms with van der Waals surface area (Å²) in [6, 6.07) is 2.84. The normalized spacial score (nSPS) is 19.6. The van der Waals surface area contributed by atoms with E-state index in [-0.39, 0.29) is 12.1 Å². The standard InChI is InChI=1S/C12H13FN2O3/c13-10-9(4-1-5-14-10)11(16)15-6-2-3-8(7-15)12(17)18/h1,4-5,8H,2-3,6-7H2,(H,17,18)/t8-/m0/s1. The van der Waals surface area contributed by atoms with Crippen molar-refractivity contribution in [3.05, 3.63) is 29.8 Å². The van der Waals surface area contributed by atoms with E-state index in [1.807, 2.05) is 0 Å². The first-order valence-corrected chi connectivity index (χ1v) is 5.72. The van der Waals surface area contributed by atoms with Gasteiger partial charge in [0.2, 0.25) is 5.95 Å². The second kappa shape index (κ2) is 5.12. The third-order valence-corrected chi connectivity index (χ3v) is 3.05. The Hall–Kier alpha value is -1.98. The molecule has 0 bridgehead atoms. The molecule has 0 saturated carbocycles. The van der Waals surface area contributed by atoms with Crippen LogP contribution in [0.4, 0.5) is 4.39 Å². The highest BCUT2D eigenvalue weighted by atomic mass is 19.1. The zero-order valence-corrected chi connectivity index (χ0v) is 9.67. The number of carboxylic acids is 1. The van der Waals surface area contributed by atoms with Crippen molar-refractivity contribution >= 4 is 11.9 Å². The highest BCUT2D eigenvalue weighted by Crippen LogP contribution is 2.19. The minimum absolute atomic E-state index is 0.108. The summed E-state index contributed by atoms with van der Waals surface area (Å²) in [4.78, 5) is 27.7. The summed E-state index contributed by atoms with van der Waals surface area (Å²) in [6.45, 7) is 0.583. The van der Waals surface area contributed by atoms with Gasteiger partial charge in [-0.15, -0.1) is 0 Å². The quantitative estimate of drug-likeness (QED) is 0.802. The van der Waals surface area contributed by atoms with Gasteiger partial charge in [0.1, 0.15) is 0 Å². The van der Waals surface area contributed by atoms with E-state index in [4.69, 9.17) is 5.11 Å². The monoisotopic (exact) mass is 252 g/mol. The van der Waals surface area contributed by atoms with Crippen LogP contribution in [0.1, 0.15) is 23.2 Å². The van der Waals surface area contributed by atoms with Crippen LogP contribution in [-0.2, 0) is 4.79 Å². The van der Waals surface area contributed by atoms with Gasteiger partial charge in [0.05, 0.1) is 11.5 Å². The van der Waals surface area contributed by atoms with Crippen LogP contribution in [0.2, 0.25) is 0 Å². The molecule has 0 radical (unpaired) electrons. The molecular weight excluding hydrogens is 239 g/mol. The summed E-state index contributed by atoms with van der Waals surface area (Å²) in [5.74, 6) is -2.80. The maximum Gasteiger partial charge on any atom is 0.308 e. The molecule has 5 nitrogen and oxygen atoms in total. The maximum absolute atomic E-state index is 13.4. The predicted molar refractivity (Wildman–Crippen MR) is 60.5 cm³/mol. The maximum atomic E-state index is 13.4. The summed E-state index contributed by atoms with van der Waals surface area (Å²) in [5.41, 5.74) is -0.108. The van der Waals surface area contributed by atoms with Gasteiger partial charge in [-0.1, -0.05) is 0 Å². The van der Waals surface area contributed by atoms with Crippen molar-refractivity contribution in [1.29, 1.82) is 0 Å². The van der Waals surface area contributed by atoms with E-state index in [2.05, 4.69) is 4.98 Å². The number of amides is 1. The van der Waals surface area contributed by atoms with Crippen molar-refractivity contribution in [1.82, 2.24) is 9.88 Å². The van der Waals surface area contributed by atoms with Crippen LogP contribution in [-0.4, -0.2) is 40.0 Å². The Labute approximate surface area is 103 Å². The number of nitrogens with zero attached hydrogens (tertiary/aromatic N) is 2. The minimum Gasteiger partial charge on any atom is -0.481 e. The third-order valence-electron chi connectivity index (χ3n) is 3.05. The van der Waals surface area contributed by atoms with Gasteiger partial charge in [0, 0.05) is 19.3 Å². The number of hydrogen-bond donors (Lipinski definition) is 1. The van der Waals surface area contributed by atoms with Crippen LogP contribution in [0.15, 0.2) is 18.3 Å². The molecule has 0 aromatic carbocycles. The summed E-state index contributed by atoms with van der Waals surface area (Å²) < 4.78 is 13.4. The Balaban J connectivity index is 2.14. The van der Waals surface area contributed by atoms with Crippen LogP contribution >= 0.6 is 0 Å². The Kier molecular flexibility index (Phi) is 3.55. The number of carboxylic acid groups (broad SMARTS) is 1. The van der Waals surface area contributed by atoms with Gasteiger partial charge in [-0.2, -0.15) is 4.39 Å². The number of aromatic nitrogens is 1. The second-order valence-corrected chi connectivity index (χ2v) is 4.27. The van der Waals surface area contributed by atoms with E-state index in [1.165, 1.54) is 23.2 Å². The van der Waals surface area contributed by atoms with E-state index in [1.54, 1.807) is 0 Å². The molecule has 18 heavy (non-hydrogen) atoms. The first-order chi connectivity index (χ1) is 8.59. The molecule has 2 rings (SSSR count). The summed E-state index contributed by atoms with van der Waals surface area (Å²) in [6.07, 6.45) is 2.43. The van der Waals surface area contributed by atoms with Crippen molar-refractivity contribution in [2.24, 2.45) is 5.92 Å². The number of aliphatic carboxylic acids is 1. The summed E-state index contributed by atoms with van der Waals surface area (Å²) in [7, 11) is 0. The lowest BCUT2D eigenvalue weighted by molar-refractivity contribution is -0.143. The third kappa shape index (κ3) is 2.47. The average Bonchev–Trinajstić information content (AvgIpc) is 2.38. The first-order valence-electron chi connectivity index (χ1n) is 5.72. The Bertz CT molecular complexity index is 478. The van der Waals surface area contributed by atoms with Crippen LogP contribution < -0.4 is 0 Å². The molecule has 0 unspecified atom stereocenters. The van der Waals surface area contributed by atoms with Crippen molar-refractivity contribution in [2.75, 3.05) is 13.1 Å². The lowest BCUT2D eigenvalue weighted by Gasteiger charge is -2.30. The van der Waals surface area contributed by atoms with E-state index in [0.717, 1.165) is 0 Å². The lowest BCUT2D eigenvalue weighted by Crippen LogP contribution is -2.42. The number of likely N-dealkylation sites (tertiary alicyclic amines) is 1. The second-order valence-electron chi connectivity index (χ2n) is 4.27. The fourth-order valence-electron chi connectivity index (χ4n) is 2.08. The molecule has 1 aliphatic rings. The Morgan fingerprint density at radius 3 is 2.94 bits per heavy atom. The number of piperidine rings is 1. The number of hydrogen-bond acceptors (Lipinski definition) is 3. The van der Waals surface area contributed by atoms with Crippen molar-refractivity contribution < 1.29 is 19.1 Å². The Morgan fingerprint density at radius 2 is 2.28 bits per heavy atom. The molecule has 1 aromatic heterocycles. The average molecular weight is 252 g/mol. The van der Waals surface area contributed by atoms with Crippen molar-refractivity contribution in [3.8, 4) is 0 Å². The fourth-order valence-corrected chi connectivity index (χ4v) is 2.08. The van der Waals surface area contributed by atoms with Crippen molar-refractivity contribution in [2.45, 2.75) is 12.8 Å². The molecule has 0 spiro atoms. The van der Waals surface area contributed by atoms with Gasteiger partial charge in [0.25, 0.3) is 5.91 Å². The van der Waals surface area contributed by atoms with E-state index >= 15 is 0 Å². The topological polar surface area (TPSA) is 70.5 Å². The number of carbonyl (C=O) groups excluding carboxylic acids is 1. The van der Waals surface area contributed by atoms with Crippen LogP contribution in [0, 0.1) is 11.9 Å². The molecule has 1 saturated heterocycles. The molecule has 0 aliphatic carbocycles. The van der Waals surface area contributed by atoms with Gasteiger partial charge in [-0.25, -0.2) is 4.98 Å². The molecule has 1 fully saturated rings. The van der Waals surface area contributed by atoms with Gasteiger partial charge >= 0.3 is 5.97 Å². The Morgan fingerprint density at radius 1 is 1.50 bits per heavy atom. The molecule has 1 atom stereocenters. The van der Waals surface area contributed by atoms with Gasteiger partial charge in [-0.3, -0.25) is 9.59 Å². The predicted octanol–water partition coefficient (Wildman–Crippen LogP) is 1.16. The first kappa shape index (κ1) is 12.5. The van der Waals surface area contributed by atoms with E-state index < -0.39 is 23.7 Å². The summed E-state index contributed by atoms with van der Waals surface area (Å²) >= 11 is 0. The zero-order chi connectivity index (χ0) is 13.1. The lowest BCUT2D eigenvalue weighted by atomic mass is 9.98. The largest absolute Gasteiger partial charge is 0.481 e. The number of pyridine rings is 1. The smallest absolute Gasteiger partial charge is 0.308 e. The number of rotatable bonds is 2. The van der Waals surface area contributed by atoms with E-state index in [0.29, 0.717) is 19.4 Å². The van der Waals surface area contributed by atoms with Gasteiger partial charge in [0.15, 0.2) is 0 Å². The molecule has 1 aliphatic heterocycles. The molecule has 1 N–H and O–H groups in total. The number of carbonyl (C=O) groups is 2. The molecule has 1 aromatic rings. The summed E-state index contributed by atoms with van der Waals surface area (Å²) in [5, 5.41) is 8.94. The van der Waals surface area contributed by atoms with Crippen LogP contribution in [0.5, 0.6) is 0 Å². The van der Waals surface area contributed by atoms with Gasteiger partial charge in [-0.05, 0) is 25.0 Å². The molecule has 2 heterocycles. The fraction of sp³-hybridized carbons (Fsp3) is 0.417. The van der Waals surface area contributed by atoms with E-state index in [9.17, 15) is 14.0 Å². The highest BCUT2D eigenvalue weighted by Gasteiger charge is 2.29. The molecule has 6 heteroatoms. The highest BCUT2D eigenvalue weighted by molar-refractivity contribution is 5.94. The zero-order valence-electron chi connectivity index (χ0n) is 9.67. The number of halogens is 1. The van der Waals surface area contributed by atoms with Crippen LogP contribution in [0.3, 0.4) is 0 Å². The van der Waals surface area contributed by atoms with Crippen LogP contribution in [0.25, 0.3) is 0 Å². The minimum atomic E-state index is -0.917. The molecule has 1 amide bonds. The molecule has 96 valence electrons.